The lowest BCUT2D eigenvalue weighted by molar-refractivity contribution is 0.505. The molecule has 1 atom stereocenters. The van der Waals surface area contributed by atoms with E-state index in [4.69, 9.17) is 4.52 Å². The van der Waals surface area contributed by atoms with Crippen LogP contribution in [0.4, 0.5) is 0 Å². The van der Waals surface area contributed by atoms with E-state index in [0.717, 1.165) is 5.56 Å². The van der Waals surface area contributed by atoms with Crippen LogP contribution in [-0.2, 0) is 4.57 Å². The van der Waals surface area contributed by atoms with Crippen molar-refractivity contribution in [2.75, 3.05) is 6.16 Å². The Morgan fingerprint density at radius 1 is 1.54 bits per heavy atom. The van der Waals surface area contributed by atoms with Crippen LogP contribution < -0.4 is 4.52 Å². The maximum absolute atomic E-state index is 11.1. The second-order valence-corrected chi connectivity index (χ2v) is 3.96. The maximum atomic E-state index is 11.1. The number of hydrogen-bond donors (Lipinski definition) is 0. The molecule has 0 fully saturated rings. The molecule has 0 amide bonds. The van der Waals surface area contributed by atoms with Crippen LogP contribution in [0.5, 0.6) is 5.75 Å². The van der Waals surface area contributed by atoms with Gasteiger partial charge in [-0.2, -0.15) is 0 Å². The molecule has 13 heavy (non-hydrogen) atoms. The zero-order chi connectivity index (χ0) is 9.68. The predicted molar refractivity (Wildman–Crippen MR) is 55.3 cm³/mol. The van der Waals surface area contributed by atoms with Gasteiger partial charge < -0.3 is 0 Å². The summed E-state index contributed by atoms with van der Waals surface area (Å²) in [5, 5.41) is 0. The van der Waals surface area contributed by atoms with Gasteiger partial charge >= 0.3 is 8.03 Å². The van der Waals surface area contributed by atoms with E-state index in [9.17, 15) is 4.57 Å². The Hall–Kier alpha value is -1.14. The van der Waals surface area contributed by atoms with Crippen LogP contribution in [0, 0.1) is 0 Å². The van der Waals surface area contributed by atoms with E-state index in [0.29, 0.717) is 11.9 Å². The molecule has 0 N–H and O–H groups in total. The van der Waals surface area contributed by atoms with Gasteiger partial charge in [-0.1, -0.05) is 30.9 Å². The number of hydrogen-bond acceptors (Lipinski definition) is 2. The van der Waals surface area contributed by atoms with Gasteiger partial charge in [0, 0.05) is 5.56 Å². The predicted octanol–water partition coefficient (Wildman–Crippen LogP) is 3.47. The molecular formula is C10H12O2P+. The second-order valence-electron chi connectivity index (χ2n) is 2.48. The summed E-state index contributed by atoms with van der Waals surface area (Å²) in [6.45, 7) is 5.48. The molecule has 0 bridgehead atoms. The Morgan fingerprint density at radius 2 is 2.23 bits per heavy atom. The molecule has 0 aromatic heterocycles. The van der Waals surface area contributed by atoms with Gasteiger partial charge in [0.1, 0.15) is 0 Å². The van der Waals surface area contributed by atoms with Gasteiger partial charge in [0.05, 0.1) is 0 Å². The SMILES string of the molecule is C=Cc1ccccc1O[P+](=O)CC. The lowest BCUT2D eigenvalue weighted by Gasteiger charge is -1.97. The largest absolute Gasteiger partial charge is 0.555 e. The summed E-state index contributed by atoms with van der Waals surface area (Å²) < 4.78 is 16.4. The van der Waals surface area contributed by atoms with Gasteiger partial charge in [0.2, 0.25) is 0 Å². The first-order valence-corrected chi connectivity index (χ1v) is 5.48. The molecule has 0 aliphatic heterocycles. The molecule has 0 saturated carbocycles. The summed E-state index contributed by atoms with van der Waals surface area (Å²) in [6.07, 6.45) is 2.22. The van der Waals surface area contributed by atoms with Gasteiger partial charge in [0.15, 0.2) is 11.9 Å². The van der Waals surface area contributed by atoms with Crippen molar-refractivity contribution in [3.63, 3.8) is 0 Å². The van der Waals surface area contributed by atoms with E-state index in [1.807, 2.05) is 25.1 Å². The van der Waals surface area contributed by atoms with Crippen molar-refractivity contribution >= 4 is 14.1 Å². The Morgan fingerprint density at radius 3 is 2.85 bits per heavy atom. The zero-order valence-electron chi connectivity index (χ0n) is 7.56. The first kappa shape index (κ1) is 9.94. The minimum Gasteiger partial charge on any atom is -0.254 e. The first-order chi connectivity index (χ1) is 6.27. The molecular weight excluding hydrogens is 183 g/mol. The minimum absolute atomic E-state index is 0.529. The van der Waals surface area contributed by atoms with Crippen LogP contribution in [0.1, 0.15) is 12.5 Å². The Bertz CT molecular complexity index is 320. The second kappa shape index (κ2) is 4.78. The van der Waals surface area contributed by atoms with E-state index in [2.05, 4.69) is 6.58 Å². The molecule has 0 spiro atoms. The zero-order valence-corrected chi connectivity index (χ0v) is 8.46. The van der Waals surface area contributed by atoms with Crippen LogP contribution in [0.2, 0.25) is 0 Å². The van der Waals surface area contributed by atoms with Gasteiger partial charge in [-0.15, -0.1) is 0 Å². The highest BCUT2D eigenvalue weighted by atomic mass is 31.1. The normalized spacial score (nSPS) is 10.7. The van der Waals surface area contributed by atoms with Gasteiger partial charge in [-0.3, -0.25) is 4.52 Å². The third-order valence-electron chi connectivity index (χ3n) is 1.60. The summed E-state index contributed by atoms with van der Waals surface area (Å²) >= 11 is 0. The first-order valence-electron chi connectivity index (χ1n) is 4.12. The summed E-state index contributed by atoms with van der Waals surface area (Å²) in [5.74, 6) is 0.639. The molecule has 1 aromatic carbocycles. The minimum atomic E-state index is -1.57. The summed E-state index contributed by atoms with van der Waals surface area (Å²) in [7, 11) is -1.57. The third-order valence-corrected chi connectivity index (χ3v) is 2.51. The molecule has 0 radical (unpaired) electrons. The highest BCUT2D eigenvalue weighted by molar-refractivity contribution is 7.39. The van der Waals surface area contributed by atoms with Gasteiger partial charge in [-0.25, -0.2) is 0 Å². The van der Waals surface area contributed by atoms with Crippen molar-refractivity contribution in [3.8, 4) is 5.75 Å². The average Bonchev–Trinajstić information content (AvgIpc) is 2.18. The molecule has 0 heterocycles. The van der Waals surface area contributed by atoms with Crippen molar-refractivity contribution in [1.82, 2.24) is 0 Å². The third kappa shape index (κ3) is 2.67. The molecule has 1 rings (SSSR count). The average molecular weight is 195 g/mol. The van der Waals surface area contributed by atoms with Crippen molar-refractivity contribution in [2.24, 2.45) is 0 Å². The van der Waals surface area contributed by atoms with Crippen molar-refractivity contribution in [2.45, 2.75) is 6.92 Å². The van der Waals surface area contributed by atoms with Crippen LogP contribution in [0.3, 0.4) is 0 Å². The molecule has 0 aliphatic carbocycles. The monoisotopic (exact) mass is 195 g/mol. The lowest BCUT2D eigenvalue weighted by Crippen LogP contribution is -1.85. The summed E-state index contributed by atoms with van der Waals surface area (Å²) in [6, 6.07) is 7.41. The molecule has 1 aromatic rings. The molecule has 2 nitrogen and oxygen atoms in total. The maximum Gasteiger partial charge on any atom is 0.555 e. The fourth-order valence-electron chi connectivity index (χ4n) is 0.907. The quantitative estimate of drug-likeness (QED) is 0.687. The molecule has 3 heteroatoms. The fraction of sp³-hybridized carbons (Fsp3) is 0.200. The van der Waals surface area contributed by atoms with Crippen LogP contribution >= 0.6 is 8.03 Å². The van der Waals surface area contributed by atoms with Gasteiger partial charge in [-0.05, 0) is 17.6 Å². The van der Waals surface area contributed by atoms with Crippen molar-refractivity contribution in [3.05, 3.63) is 36.4 Å². The fourth-order valence-corrected chi connectivity index (χ4v) is 1.42. The van der Waals surface area contributed by atoms with Crippen LogP contribution in [0.15, 0.2) is 30.8 Å². The van der Waals surface area contributed by atoms with Crippen molar-refractivity contribution in [1.29, 1.82) is 0 Å². The lowest BCUT2D eigenvalue weighted by atomic mass is 10.2. The van der Waals surface area contributed by atoms with Crippen LogP contribution in [0.25, 0.3) is 6.08 Å². The van der Waals surface area contributed by atoms with Crippen molar-refractivity contribution < 1.29 is 9.09 Å². The summed E-state index contributed by atoms with van der Waals surface area (Å²) in [4.78, 5) is 0. The molecule has 68 valence electrons. The number of para-hydroxylation sites is 1. The highest BCUT2D eigenvalue weighted by Gasteiger charge is 2.16. The molecule has 0 saturated heterocycles. The molecule has 1 unspecified atom stereocenters. The van der Waals surface area contributed by atoms with E-state index >= 15 is 0 Å². The molecule has 0 aliphatic rings. The summed E-state index contributed by atoms with van der Waals surface area (Å²) in [5.41, 5.74) is 0.874. The Balaban J connectivity index is 2.87. The van der Waals surface area contributed by atoms with Gasteiger partial charge in [0.25, 0.3) is 0 Å². The topological polar surface area (TPSA) is 26.3 Å². The van der Waals surface area contributed by atoms with E-state index < -0.39 is 8.03 Å². The number of rotatable bonds is 4. The Labute approximate surface area is 79.1 Å². The Kier molecular flexibility index (Phi) is 3.66. The van der Waals surface area contributed by atoms with E-state index in [1.54, 1.807) is 12.1 Å². The van der Waals surface area contributed by atoms with E-state index in [1.165, 1.54) is 0 Å². The standard InChI is InChI=1S/C10H12O2P/c1-3-9-7-5-6-8-10(9)12-13(11)4-2/h3,5-8H,1,4H2,2H3/q+1. The smallest absolute Gasteiger partial charge is 0.254 e. The van der Waals surface area contributed by atoms with Crippen LogP contribution in [-0.4, -0.2) is 6.16 Å². The van der Waals surface area contributed by atoms with E-state index in [-0.39, 0.29) is 0 Å². The number of benzene rings is 1. The highest BCUT2D eigenvalue weighted by Crippen LogP contribution is 2.29.